The van der Waals surface area contributed by atoms with E-state index in [0.717, 1.165) is 18.7 Å². The Morgan fingerprint density at radius 3 is 2.31 bits per heavy atom. The molecule has 0 radical (unpaired) electrons. The topological polar surface area (TPSA) is 152 Å². The Morgan fingerprint density at radius 1 is 1.02 bits per heavy atom. The Labute approximate surface area is 264 Å². The zero-order valence-electron chi connectivity index (χ0n) is 25.7. The number of hydrogen-bond acceptors (Lipinski definition) is 8. The summed E-state index contributed by atoms with van der Waals surface area (Å²) in [5.74, 6) is -2.69. The highest BCUT2D eigenvalue weighted by Gasteiger charge is 2.28. The number of nitriles is 1. The van der Waals surface area contributed by atoms with Crippen LogP contribution in [-0.4, -0.2) is 43.0 Å². The minimum atomic E-state index is -4.61. The molecule has 0 aliphatic carbocycles. The van der Waals surface area contributed by atoms with Gasteiger partial charge in [0.2, 0.25) is 15.9 Å². The van der Waals surface area contributed by atoms with Crippen molar-refractivity contribution in [3.05, 3.63) is 88.2 Å². The second-order valence-corrected chi connectivity index (χ2v) is 14.1. The van der Waals surface area contributed by atoms with Crippen molar-refractivity contribution >= 4 is 26.0 Å². The van der Waals surface area contributed by atoms with Gasteiger partial charge in [-0.05, 0) is 58.7 Å². The van der Waals surface area contributed by atoms with Crippen LogP contribution in [0.1, 0.15) is 73.8 Å². The maximum atomic E-state index is 15.2. The second kappa shape index (κ2) is 15.3. The Hall–Kier alpha value is -4.01. The molecule has 3 aromatic carbocycles. The summed E-state index contributed by atoms with van der Waals surface area (Å²) in [6, 6.07) is 18.3. The highest BCUT2D eigenvalue weighted by molar-refractivity contribution is 7.90. The average Bonchev–Trinajstić information content (AvgIpc) is 2.98. The SMILES string of the molecule is COc1cc(S(=O)(=O)NCCCOCc2ccccc2)c#cc1S(=O)(=O)NC(=O)Cc1c(C(C)C)cc(C#N)c(F)c1C(C)C. The van der Waals surface area contributed by atoms with Crippen LogP contribution in [0.4, 0.5) is 4.39 Å². The third-order valence-electron chi connectivity index (χ3n) is 6.78. The summed E-state index contributed by atoms with van der Waals surface area (Å²) in [5.41, 5.74) is 1.84. The lowest BCUT2D eigenvalue weighted by Gasteiger charge is -2.21. The number of benzene rings is 2. The number of amides is 1. The van der Waals surface area contributed by atoms with E-state index < -0.39 is 53.9 Å². The summed E-state index contributed by atoms with van der Waals surface area (Å²) in [5, 5.41) is 9.40. The first-order valence-electron chi connectivity index (χ1n) is 14.2. The molecule has 0 saturated heterocycles. The molecule has 0 aliphatic rings. The van der Waals surface area contributed by atoms with Crippen molar-refractivity contribution in [2.75, 3.05) is 20.3 Å². The van der Waals surface area contributed by atoms with Gasteiger partial charge in [0.1, 0.15) is 22.5 Å². The van der Waals surface area contributed by atoms with E-state index in [1.54, 1.807) is 13.8 Å². The van der Waals surface area contributed by atoms with E-state index in [-0.39, 0.29) is 29.3 Å². The summed E-state index contributed by atoms with van der Waals surface area (Å²) in [6.07, 6.45) is -0.105. The molecule has 13 heteroatoms. The smallest absolute Gasteiger partial charge is 0.275 e. The number of nitrogens with zero attached hydrogens (tertiary/aromatic N) is 1. The Morgan fingerprint density at radius 2 is 1.71 bits per heavy atom. The summed E-state index contributed by atoms with van der Waals surface area (Å²) < 4.78 is 82.2. The molecule has 2 N–H and O–H groups in total. The van der Waals surface area contributed by atoms with Crippen molar-refractivity contribution in [2.45, 2.75) is 68.8 Å². The maximum absolute atomic E-state index is 15.2. The highest BCUT2D eigenvalue weighted by Crippen LogP contribution is 2.33. The fourth-order valence-electron chi connectivity index (χ4n) is 4.65. The first kappa shape index (κ1) is 35.5. The Bertz CT molecular complexity index is 1770. The number of ether oxygens (including phenoxy) is 2. The monoisotopic (exact) mass is 657 g/mol. The highest BCUT2D eigenvalue weighted by atomic mass is 32.2. The molecule has 10 nitrogen and oxygen atoms in total. The van der Waals surface area contributed by atoms with Gasteiger partial charge in [0.05, 0.1) is 25.7 Å². The summed E-state index contributed by atoms with van der Waals surface area (Å²) in [4.78, 5) is 12.0. The van der Waals surface area contributed by atoms with E-state index >= 15 is 4.39 Å². The van der Waals surface area contributed by atoms with Gasteiger partial charge in [-0.15, -0.1) is 0 Å². The van der Waals surface area contributed by atoms with Crippen LogP contribution in [0.15, 0.2) is 52.3 Å². The van der Waals surface area contributed by atoms with E-state index in [1.165, 1.54) is 6.07 Å². The van der Waals surface area contributed by atoms with Gasteiger partial charge in [-0.3, -0.25) is 4.79 Å². The van der Waals surface area contributed by atoms with Gasteiger partial charge in [-0.2, -0.15) is 5.26 Å². The number of methoxy groups -OCH3 is 1. The van der Waals surface area contributed by atoms with Crippen LogP contribution in [-0.2, 0) is 42.6 Å². The predicted molar refractivity (Wildman–Crippen MR) is 165 cm³/mol. The normalized spacial score (nSPS) is 11.7. The van der Waals surface area contributed by atoms with Gasteiger partial charge < -0.3 is 9.47 Å². The second-order valence-electron chi connectivity index (χ2n) is 10.8. The molecule has 0 heterocycles. The van der Waals surface area contributed by atoms with Crippen molar-refractivity contribution in [3.63, 3.8) is 0 Å². The van der Waals surface area contributed by atoms with Gasteiger partial charge in [0, 0.05) is 19.2 Å². The van der Waals surface area contributed by atoms with E-state index in [9.17, 15) is 26.9 Å². The lowest BCUT2D eigenvalue weighted by atomic mass is 9.85. The molecule has 0 saturated carbocycles. The molecule has 0 atom stereocenters. The summed E-state index contributed by atoms with van der Waals surface area (Å²) in [6.45, 7) is 7.80. The van der Waals surface area contributed by atoms with Gasteiger partial charge >= 0.3 is 0 Å². The molecule has 0 fully saturated rings. The van der Waals surface area contributed by atoms with Crippen LogP contribution in [0.5, 0.6) is 5.75 Å². The van der Waals surface area contributed by atoms with Gasteiger partial charge in [-0.25, -0.2) is 30.7 Å². The predicted octanol–water partition coefficient (Wildman–Crippen LogP) is 4.49. The first-order chi connectivity index (χ1) is 21.2. The van der Waals surface area contributed by atoms with Crippen LogP contribution in [0.2, 0.25) is 0 Å². The molecular weight excluding hydrogens is 621 g/mol. The largest absolute Gasteiger partial charge is 0.495 e. The molecule has 3 aromatic rings. The number of nitrogens with one attached hydrogen (secondary N) is 2. The van der Waals surface area contributed by atoms with Crippen molar-refractivity contribution in [1.29, 1.82) is 5.26 Å². The zero-order chi connectivity index (χ0) is 33.4. The average molecular weight is 658 g/mol. The Kier molecular flexibility index (Phi) is 12.1. The summed E-state index contributed by atoms with van der Waals surface area (Å²) >= 11 is 0. The molecular formula is C32H36FN3O7S2. The minimum Gasteiger partial charge on any atom is -0.495 e. The molecule has 0 bridgehead atoms. The minimum absolute atomic E-state index is 0.0516. The number of carbonyl (C=O) groups excluding carboxylic acids is 1. The quantitative estimate of drug-likeness (QED) is 0.227. The van der Waals surface area contributed by atoms with Crippen LogP contribution in [0.3, 0.4) is 0 Å². The lowest BCUT2D eigenvalue weighted by molar-refractivity contribution is -0.118. The van der Waals surface area contributed by atoms with Crippen molar-refractivity contribution in [2.24, 2.45) is 0 Å². The maximum Gasteiger partial charge on any atom is 0.275 e. The number of sulfonamides is 2. The molecule has 240 valence electrons. The molecule has 1 amide bonds. The van der Waals surface area contributed by atoms with Crippen LogP contribution >= 0.6 is 0 Å². The molecule has 45 heavy (non-hydrogen) atoms. The van der Waals surface area contributed by atoms with Gasteiger partial charge in [0.15, 0.2) is 4.90 Å². The molecule has 0 unspecified atom stereocenters. The van der Waals surface area contributed by atoms with Crippen molar-refractivity contribution < 1.29 is 35.5 Å². The van der Waals surface area contributed by atoms with Crippen molar-refractivity contribution in [3.8, 4) is 11.8 Å². The van der Waals surface area contributed by atoms with E-state index in [0.29, 0.717) is 30.8 Å². The fourth-order valence-corrected chi connectivity index (χ4v) is 6.73. The number of halogens is 1. The molecule has 0 aromatic heterocycles. The van der Waals surface area contributed by atoms with E-state index in [1.807, 2.05) is 55.0 Å². The van der Waals surface area contributed by atoms with Gasteiger partial charge in [0.25, 0.3) is 10.0 Å². The van der Waals surface area contributed by atoms with Crippen molar-refractivity contribution in [1.82, 2.24) is 9.44 Å². The third-order valence-corrected chi connectivity index (χ3v) is 9.50. The first-order valence-corrected chi connectivity index (χ1v) is 17.1. The fraction of sp³-hybridized carbons (Fsp3) is 0.375. The molecule has 0 aliphatic heterocycles. The lowest BCUT2D eigenvalue weighted by Crippen LogP contribution is -2.33. The third kappa shape index (κ3) is 9.02. The van der Waals surface area contributed by atoms with Crippen LogP contribution < -0.4 is 14.2 Å². The standard InChI is InChI=1S/C32H36FN3O7S2/c1-21(2)26-16-24(19-34)32(33)31(22(3)4)27(26)18-30(37)36-45(40,41)29-13-12-25(17-28(29)42-5)44(38,39)35-14-9-15-43-20-23-10-7-6-8-11-23/h6-8,10-11,16-17,21-22,35H,9,14-15,18,20H2,1-5H3,(H,36,37). The van der Waals surface area contributed by atoms with E-state index in [2.05, 4.69) is 16.9 Å². The van der Waals surface area contributed by atoms with E-state index in [4.69, 9.17) is 9.47 Å². The van der Waals surface area contributed by atoms with Crippen LogP contribution in [0.25, 0.3) is 0 Å². The zero-order valence-corrected chi connectivity index (χ0v) is 27.4. The molecule has 0 spiro atoms. The number of carbonyl (C=O) groups is 1. The van der Waals surface area contributed by atoms with Crippen LogP contribution in [0, 0.1) is 29.3 Å². The summed E-state index contributed by atoms with van der Waals surface area (Å²) in [7, 11) is -7.58. The van der Waals surface area contributed by atoms with Gasteiger partial charge in [-0.1, -0.05) is 58.0 Å². The number of hydrogen-bond donors (Lipinski definition) is 2. The Balaban J connectivity index is 1.73. The molecule has 3 rings (SSSR count). The number of rotatable bonds is 15.